The van der Waals surface area contributed by atoms with E-state index < -0.39 is 0 Å². The van der Waals surface area contributed by atoms with Crippen molar-refractivity contribution in [3.8, 4) is 0 Å². The number of rotatable bonds is 5. The molecule has 1 amide bonds. The zero-order valence-corrected chi connectivity index (χ0v) is 10.5. The molecule has 1 aromatic rings. The van der Waals surface area contributed by atoms with E-state index in [0.717, 1.165) is 17.3 Å². The van der Waals surface area contributed by atoms with Gasteiger partial charge in [0.1, 0.15) is 5.82 Å². The third-order valence-corrected chi connectivity index (χ3v) is 2.54. The summed E-state index contributed by atoms with van der Waals surface area (Å²) < 4.78 is 0.897. The summed E-state index contributed by atoms with van der Waals surface area (Å²) in [6.07, 6.45) is 3.80. The fourth-order valence-electron chi connectivity index (χ4n) is 1.06. The predicted molar refractivity (Wildman–Crippen MR) is 65.1 cm³/mol. The van der Waals surface area contributed by atoms with Gasteiger partial charge in [-0.05, 0) is 25.0 Å². The highest BCUT2D eigenvalue weighted by Gasteiger charge is 2.02. The van der Waals surface area contributed by atoms with Gasteiger partial charge in [-0.15, -0.1) is 11.6 Å². The van der Waals surface area contributed by atoms with Crippen LogP contribution >= 0.6 is 27.5 Å². The Bertz CT molecular complexity index is 333. The minimum Gasteiger partial charge on any atom is -0.311 e. The second-order valence-corrected chi connectivity index (χ2v) is 4.35. The number of pyridine rings is 1. The van der Waals surface area contributed by atoms with Crippen LogP contribution in [-0.2, 0) is 4.79 Å². The van der Waals surface area contributed by atoms with E-state index in [0.29, 0.717) is 18.1 Å². The highest BCUT2D eigenvalue weighted by Crippen LogP contribution is 2.13. The van der Waals surface area contributed by atoms with Crippen molar-refractivity contribution in [1.29, 1.82) is 0 Å². The number of aromatic nitrogens is 1. The fraction of sp³-hybridized carbons (Fsp3) is 0.400. The molecule has 0 spiro atoms. The molecule has 1 heterocycles. The molecule has 0 saturated heterocycles. The van der Waals surface area contributed by atoms with Crippen molar-refractivity contribution in [2.24, 2.45) is 0 Å². The number of amides is 1. The van der Waals surface area contributed by atoms with E-state index in [1.807, 2.05) is 6.07 Å². The SMILES string of the molecule is O=C(CCCCCl)Nc1cc(Br)ccn1. The summed E-state index contributed by atoms with van der Waals surface area (Å²) >= 11 is 8.82. The van der Waals surface area contributed by atoms with Crippen molar-refractivity contribution >= 4 is 39.3 Å². The largest absolute Gasteiger partial charge is 0.311 e. The second-order valence-electron chi connectivity index (χ2n) is 3.05. The molecule has 0 aromatic carbocycles. The Kier molecular flexibility index (Phi) is 5.65. The summed E-state index contributed by atoms with van der Waals surface area (Å²) in [7, 11) is 0. The van der Waals surface area contributed by atoms with Crippen LogP contribution in [0.15, 0.2) is 22.8 Å². The highest BCUT2D eigenvalue weighted by atomic mass is 79.9. The summed E-state index contributed by atoms with van der Waals surface area (Å²) in [6, 6.07) is 3.57. The van der Waals surface area contributed by atoms with Crippen molar-refractivity contribution in [2.45, 2.75) is 19.3 Å². The van der Waals surface area contributed by atoms with Gasteiger partial charge in [0.05, 0.1) is 0 Å². The first kappa shape index (κ1) is 12.5. The maximum atomic E-state index is 11.4. The zero-order chi connectivity index (χ0) is 11.1. The average molecular weight is 292 g/mol. The second kappa shape index (κ2) is 6.80. The maximum absolute atomic E-state index is 11.4. The zero-order valence-electron chi connectivity index (χ0n) is 8.17. The smallest absolute Gasteiger partial charge is 0.225 e. The summed E-state index contributed by atoms with van der Waals surface area (Å²) in [5.41, 5.74) is 0. The van der Waals surface area contributed by atoms with Gasteiger partial charge in [-0.2, -0.15) is 0 Å². The van der Waals surface area contributed by atoms with Gasteiger partial charge in [0.2, 0.25) is 5.91 Å². The molecule has 1 N–H and O–H groups in total. The summed E-state index contributed by atoms with van der Waals surface area (Å²) in [4.78, 5) is 15.4. The first-order valence-electron chi connectivity index (χ1n) is 4.70. The van der Waals surface area contributed by atoms with E-state index in [2.05, 4.69) is 26.2 Å². The molecule has 0 bridgehead atoms. The van der Waals surface area contributed by atoms with Crippen LogP contribution in [0, 0.1) is 0 Å². The van der Waals surface area contributed by atoms with E-state index in [1.54, 1.807) is 12.3 Å². The number of alkyl halides is 1. The quantitative estimate of drug-likeness (QED) is 0.669. The molecule has 0 atom stereocenters. The van der Waals surface area contributed by atoms with E-state index in [-0.39, 0.29) is 5.91 Å². The molecule has 0 saturated carbocycles. The number of halogens is 2. The van der Waals surface area contributed by atoms with Crippen LogP contribution in [0.25, 0.3) is 0 Å². The Hall–Kier alpha value is -0.610. The molecular formula is C10H12BrClN2O. The van der Waals surface area contributed by atoms with Gasteiger partial charge in [0.25, 0.3) is 0 Å². The van der Waals surface area contributed by atoms with Crippen molar-refractivity contribution in [2.75, 3.05) is 11.2 Å². The number of carbonyl (C=O) groups excluding carboxylic acids is 1. The molecule has 82 valence electrons. The van der Waals surface area contributed by atoms with Gasteiger partial charge in [0, 0.05) is 23.0 Å². The van der Waals surface area contributed by atoms with Gasteiger partial charge in [-0.3, -0.25) is 4.79 Å². The maximum Gasteiger partial charge on any atom is 0.225 e. The van der Waals surface area contributed by atoms with Gasteiger partial charge in [-0.1, -0.05) is 15.9 Å². The Labute approximate surface area is 102 Å². The molecule has 3 nitrogen and oxygen atoms in total. The number of hydrogen-bond acceptors (Lipinski definition) is 2. The average Bonchev–Trinajstić information content (AvgIpc) is 2.18. The lowest BCUT2D eigenvalue weighted by Gasteiger charge is -2.03. The molecule has 0 aliphatic rings. The summed E-state index contributed by atoms with van der Waals surface area (Å²) in [5.74, 6) is 1.15. The highest BCUT2D eigenvalue weighted by molar-refractivity contribution is 9.10. The Morgan fingerprint density at radius 1 is 1.53 bits per heavy atom. The van der Waals surface area contributed by atoms with E-state index in [9.17, 15) is 4.79 Å². The number of carbonyl (C=O) groups is 1. The molecule has 0 aliphatic carbocycles. The lowest BCUT2D eigenvalue weighted by Crippen LogP contribution is -2.12. The van der Waals surface area contributed by atoms with Gasteiger partial charge in [0.15, 0.2) is 0 Å². The lowest BCUT2D eigenvalue weighted by molar-refractivity contribution is -0.116. The summed E-state index contributed by atoms with van der Waals surface area (Å²) in [5, 5.41) is 2.72. The first-order chi connectivity index (χ1) is 7.22. The van der Waals surface area contributed by atoms with Crippen molar-refractivity contribution in [1.82, 2.24) is 4.98 Å². The Balaban J connectivity index is 2.37. The standard InChI is InChI=1S/C10H12BrClN2O/c11-8-4-6-13-9(7-8)14-10(15)3-1-2-5-12/h4,6-7H,1-3,5H2,(H,13,14,15). The Morgan fingerprint density at radius 2 is 2.33 bits per heavy atom. The third-order valence-electron chi connectivity index (χ3n) is 1.78. The number of hydrogen-bond donors (Lipinski definition) is 1. The molecule has 0 radical (unpaired) electrons. The van der Waals surface area contributed by atoms with E-state index in [1.165, 1.54) is 0 Å². The number of nitrogens with zero attached hydrogens (tertiary/aromatic N) is 1. The Morgan fingerprint density at radius 3 is 3.00 bits per heavy atom. The van der Waals surface area contributed by atoms with E-state index >= 15 is 0 Å². The minimum atomic E-state index is -0.0225. The van der Waals surface area contributed by atoms with Crippen molar-refractivity contribution < 1.29 is 4.79 Å². The van der Waals surface area contributed by atoms with Gasteiger partial charge in [-0.25, -0.2) is 4.98 Å². The molecule has 15 heavy (non-hydrogen) atoms. The van der Waals surface area contributed by atoms with Crippen LogP contribution in [0.1, 0.15) is 19.3 Å². The van der Waals surface area contributed by atoms with Crippen LogP contribution < -0.4 is 5.32 Å². The van der Waals surface area contributed by atoms with Crippen LogP contribution in [0.3, 0.4) is 0 Å². The molecule has 0 fully saturated rings. The number of unbranched alkanes of at least 4 members (excludes halogenated alkanes) is 1. The molecular weight excluding hydrogens is 279 g/mol. The molecule has 5 heteroatoms. The third kappa shape index (κ3) is 5.14. The minimum absolute atomic E-state index is 0.0225. The van der Waals surface area contributed by atoms with Crippen LogP contribution in [0.2, 0.25) is 0 Å². The monoisotopic (exact) mass is 290 g/mol. The van der Waals surface area contributed by atoms with Crippen molar-refractivity contribution in [3.05, 3.63) is 22.8 Å². The molecule has 0 unspecified atom stereocenters. The predicted octanol–water partition coefficient (Wildman–Crippen LogP) is 3.19. The fourth-order valence-corrected chi connectivity index (χ4v) is 1.58. The van der Waals surface area contributed by atoms with Gasteiger partial charge >= 0.3 is 0 Å². The molecule has 0 aliphatic heterocycles. The number of anilines is 1. The summed E-state index contributed by atoms with van der Waals surface area (Å²) in [6.45, 7) is 0. The van der Waals surface area contributed by atoms with Crippen LogP contribution in [0.4, 0.5) is 5.82 Å². The van der Waals surface area contributed by atoms with E-state index in [4.69, 9.17) is 11.6 Å². The van der Waals surface area contributed by atoms with Crippen LogP contribution in [-0.4, -0.2) is 16.8 Å². The molecule has 1 rings (SSSR count). The normalized spacial score (nSPS) is 10.0. The molecule has 1 aromatic heterocycles. The van der Waals surface area contributed by atoms with Crippen LogP contribution in [0.5, 0.6) is 0 Å². The van der Waals surface area contributed by atoms with Crippen molar-refractivity contribution in [3.63, 3.8) is 0 Å². The topological polar surface area (TPSA) is 42.0 Å². The van der Waals surface area contributed by atoms with Gasteiger partial charge < -0.3 is 5.32 Å². The first-order valence-corrected chi connectivity index (χ1v) is 6.02. The number of nitrogens with one attached hydrogen (secondary N) is 1. The lowest BCUT2D eigenvalue weighted by atomic mass is 10.2.